The molecule has 0 saturated carbocycles. The van der Waals surface area contributed by atoms with E-state index in [0.29, 0.717) is 11.5 Å². The lowest BCUT2D eigenvalue weighted by molar-refractivity contribution is -0.136. The van der Waals surface area contributed by atoms with E-state index >= 15 is 0 Å². The molecule has 21 heavy (non-hydrogen) atoms. The van der Waals surface area contributed by atoms with Crippen LogP contribution in [0.4, 0.5) is 11.5 Å². The third-order valence-corrected chi connectivity index (χ3v) is 2.98. The maximum absolute atomic E-state index is 10.7. The Morgan fingerprint density at radius 1 is 1.10 bits per heavy atom. The summed E-state index contributed by atoms with van der Waals surface area (Å²) in [4.78, 5) is 23.1. The smallest absolute Gasteiger partial charge is 0.307 e. The van der Waals surface area contributed by atoms with Gasteiger partial charge in [-0.05, 0) is 29.8 Å². The van der Waals surface area contributed by atoms with Crippen molar-refractivity contribution in [1.29, 1.82) is 0 Å². The van der Waals surface area contributed by atoms with Crippen LogP contribution in [-0.4, -0.2) is 26.0 Å². The number of carboxylic acid groups (broad SMARTS) is 1. The van der Waals surface area contributed by atoms with Crippen molar-refractivity contribution in [2.24, 2.45) is 0 Å². The highest BCUT2D eigenvalue weighted by Gasteiger charge is 2.05. The number of aromatic nitrogens is 3. The minimum Gasteiger partial charge on any atom is -0.481 e. The first-order valence-electron chi connectivity index (χ1n) is 6.36. The van der Waals surface area contributed by atoms with Crippen LogP contribution < -0.4 is 5.32 Å². The summed E-state index contributed by atoms with van der Waals surface area (Å²) >= 11 is 0. The lowest BCUT2D eigenvalue weighted by atomic mass is 10.1. The molecule has 0 radical (unpaired) electrons. The summed E-state index contributed by atoms with van der Waals surface area (Å²) in [6, 6.07) is 10.9. The second kappa shape index (κ2) is 5.54. The van der Waals surface area contributed by atoms with Gasteiger partial charge in [0.15, 0.2) is 5.65 Å². The topological polar surface area (TPSA) is 88.0 Å². The van der Waals surface area contributed by atoms with E-state index in [4.69, 9.17) is 5.11 Å². The van der Waals surface area contributed by atoms with E-state index in [1.165, 1.54) is 6.33 Å². The van der Waals surface area contributed by atoms with Crippen LogP contribution in [0.3, 0.4) is 0 Å². The zero-order valence-corrected chi connectivity index (χ0v) is 11.0. The van der Waals surface area contributed by atoms with Crippen molar-refractivity contribution in [2.45, 2.75) is 6.42 Å². The van der Waals surface area contributed by atoms with E-state index in [0.717, 1.165) is 16.6 Å². The summed E-state index contributed by atoms with van der Waals surface area (Å²) < 4.78 is 0. The lowest BCUT2D eigenvalue weighted by Crippen LogP contribution is -2.00. The Kier molecular flexibility index (Phi) is 3.42. The zero-order valence-electron chi connectivity index (χ0n) is 11.0. The largest absolute Gasteiger partial charge is 0.481 e. The van der Waals surface area contributed by atoms with Crippen molar-refractivity contribution in [2.75, 3.05) is 5.32 Å². The first-order valence-corrected chi connectivity index (χ1v) is 6.36. The molecule has 0 aliphatic carbocycles. The molecule has 104 valence electrons. The van der Waals surface area contributed by atoms with Crippen LogP contribution >= 0.6 is 0 Å². The van der Waals surface area contributed by atoms with Crippen LogP contribution in [0, 0.1) is 0 Å². The van der Waals surface area contributed by atoms with Crippen LogP contribution in [-0.2, 0) is 11.2 Å². The normalized spacial score (nSPS) is 10.5. The minimum atomic E-state index is -0.844. The van der Waals surface area contributed by atoms with Crippen molar-refractivity contribution in [3.05, 3.63) is 54.5 Å². The summed E-state index contributed by atoms with van der Waals surface area (Å²) in [6.45, 7) is 0. The number of aliphatic carboxylic acids is 1. The third kappa shape index (κ3) is 2.94. The van der Waals surface area contributed by atoms with Gasteiger partial charge in [0.05, 0.1) is 11.8 Å². The summed E-state index contributed by atoms with van der Waals surface area (Å²) in [5, 5.41) is 12.8. The van der Waals surface area contributed by atoms with Gasteiger partial charge in [0.25, 0.3) is 0 Å². The number of anilines is 2. The molecule has 2 heterocycles. The number of hydrogen-bond donors (Lipinski definition) is 2. The Labute approximate surface area is 120 Å². The van der Waals surface area contributed by atoms with Crippen molar-refractivity contribution < 1.29 is 9.90 Å². The van der Waals surface area contributed by atoms with E-state index in [9.17, 15) is 4.79 Å². The van der Waals surface area contributed by atoms with Gasteiger partial charge in [-0.3, -0.25) is 4.79 Å². The standard InChI is InChI=1S/C15H12N4O2/c20-13(21)8-10-3-5-11(6-4-10)19-15-12-2-1-7-16-14(12)17-9-18-15/h1-7,9H,8H2,(H,20,21)(H,16,17,18,19). The van der Waals surface area contributed by atoms with Crippen molar-refractivity contribution in [3.63, 3.8) is 0 Å². The summed E-state index contributed by atoms with van der Waals surface area (Å²) in [5.74, 6) is -0.178. The fourth-order valence-electron chi connectivity index (χ4n) is 2.01. The number of hydrogen-bond acceptors (Lipinski definition) is 5. The molecule has 0 bridgehead atoms. The summed E-state index contributed by atoms with van der Waals surface area (Å²) in [7, 11) is 0. The highest BCUT2D eigenvalue weighted by Crippen LogP contribution is 2.21. The Morgan fingerprint density at radius 3 is 2.67 bits per heavy atom. The molecule has 0 amide bonds. The molecule has 2 aromatic heterocycles. The van der Waals surface area contributed by atoms with Gasteiger partial charge in [0.2, 0.25) is 0 Å². The number of nitrogens with zero attached hydrogens (tertiary/aromatic N) is 3. The molecule has 6 nitrogen and oxygen atoms in total. The highest BCUT2D eigenvalue weighted by molar-refractivity contribution is 5.87. The molecule has 0 atom stereocenters. The minimum absolute atomic E-state index is 0.0145. The molecule has 0 unspecified atom stereocenters. The van der Waals surface area contributed by atoms with Crippen molar-refractivity contribution >= 4 is 28.5 Å². The number of carbonyl (C=O) groups is 1. The van der Waals surface area contributed by atoms with Crippen LogP contribution in [0.1, 0.15) is 5.56 Å². The number of pyridine rings is 1. The van der Waals surface area contributed by atoms with Crippen molar-refractivity contribution in [3.8, 4) is 0 Å². The summed E-state index contributed by atoms with van der Waals surface area (Å²) in [6.07, 6.45) is 3.15. The van der Waals surface area contributed by atoms with E-state index in [-0.39, 0.29) is 6.42 Å². The quantitative estimate of drug-likeness (QED) is 0.763. The third-order valence-electron chi connectivity index (χ3n) is 2.98. The van der Waals surface area contributed by atoms with Gasteiger partial charge in [-0.25, -0.2) is 15.0 Å². The second-order valence-corrected chi connectivity index (χ2v) is 4.49. The first-order chi connectivity index (χ1) is 10.2. The molecule has 1 aromatic carbocycles. The molecule has 0 aliphatic heterocycles. The van der Waals surface area contributed by atoms with Gasteiger partial charge in [-0.2, -0.15) is 0 Å². The van der Waals surface area contributed by atoms with E-state index < -0.39 is 5.97 Å². The molecule has 0 spiro atoms. The molecule has 3 rings (SSSR count). The van der Waals surface area contributed by atoms with E-state index in [1.807, 2.05) is 24.3 Å². The fourth-order valence-corrected chi connectivity index (χ4v) is 2.01. The second-order valence-electron chi connectivity index (χ2n) is 4.49. The number of rotatable bonds is 4. The Balaban J connectivity index is 1.87. The predicted molar refractivity (Wildman–Crippen MR) is 78.4 cm³/mol. The Hall–Kier alpha value is -3.02. The molecular formula is C15H12N4O2. The lowest BCUT2D eigenvalue weighted by Gasteiger charge is -2.08. The van der Waals surface area contributed by atoms with Gasteiger partial charge >= 0.3 is 5.97 Å². The molecular weight excluding hydrogens is 268 g/mol. The molecule has 3 aromatic rings. The van der Waals surface area contributed by atoms with Gasteiger partial charge in [-0.1, -0.05) is 12.1 Å². The SMILES string of the molecule is O=C(O)Cc1ccc(Nc2ncnc3ncccc23)cc1. The van der Waals surface area contributed by atoms with Gasteiger partial charge in [0.1, 0.15) is 12.1 Å². The van der Waals surface area contributed by atoms with Gasteiger partial charge < -0.3 is 10.4 Å². The first kappa shape index (κ1) is 13.0. The maximum atomic E-state index is 10.7. The Bertz CT molecular complexity index is 782. The van der Waals surface area contributed by atoms with Gasteiger partial charge in [0, 0.05) is 11.9 Å². The number of nitrogens with one attached hydrogen (secondary N) is 1. The van der Waals surface area contributed by atoms with Crippen LogP contribution in [0.25, 0.3) is 11.0 Å². The van der Waals surface area contributed by atoms with Gasteiger partial charge in [-0.15, -0.1) is 0 Å². The molecule has 2 N–H and O–H groups in total. The summed E-state index contributed by atoms with van der Waals surface area (Å²) in [5.41, 5.74) is 2.20. The number of benzene rings is 1. The van der Waals surface area contributed by atoms with Crippen LogP contribution in [0.15, 0.2) is 48.9 Å². The predicted octanol–water partition coefficient (Wildman–Crippen LogP) is 2.40. The average Bonchev–Trinajstić information content (AvgIpc) is 2.49. The van der Waals surface area contributed by atoms with Crippen molar-refractivity contribution in [1.82, 2.24) is 15.0 Å². The number of fused-ring (bicyclic) bond motifs is 1. The maximum Gasteiger partial charge on any atom is 0.307 e. The monoisotopic (exact) mass is 280 g/mol. The number of carboxylic acids is 1. The fraction of sp³-hybridized carbons (Fsp3) is 0.0667. The average molecular weight is 280 g/mol. The highest BCUT2D eigenvalue weighted by atomic mass is 16.4. The molecule has 0 saturated heterocycles. The molecule has 0 fully saturated rings. The Morgan fingerprint density at radius 2 is 1.90 bits per heavy atom. The molecule has 0 aliphatic rings. The zero-order chi connectivity index (χ0) is 14.7. The molecule has 6 heteroatoms. The van der Waals surface area contributed by atoms with Crippen LogP contribution in [0.2, 0.25) is 0 Å². The van der Waals surface area contributed by atoms with Crippen LogP contribution in [0.5, 0.6) is 0 Å². The van der Waals surface area contributed by atoms with E-state index in [1.54, 1.807) is 18.3 Å². The van der Waals surface area contributed by atoms with E-state index in [2.05, 4.69) is 20.3 Å².